The standard InChI is InChI=1S/C25H22N2O3S/c28-22(29)19(15-17-9-3-1-4-10-17)25(24(30)31,16-18-11-5-2-6-12-18)23-26-20-13-7-8-14-21(20)27-23/h1-14,19H,15-16H2,(H,26,27)(H,28,29)(H,30,31). The van der Waals surface area contributed by atoms with E-state index in [4.69, 9.17) is 0 Å². The smallest absolute Gasteiger partial charge is 0.308 e. The number of aromatic amines is 1. The minimum Gasteiger partial charge on any atom is -0.481 e. The molecule has 0 fully saturated rings. The second-order valence-corrected chi connectivity index (χ2v) is 8.03. The predicted molar refractivity (Wildman–Crippen MR) is 123 cm³/mol. The number of para-hydroxylation sites is 2. The number of hydrogen-bond acceptors (Lipinski definition) is 3. The van der Waals surface area contributed by atoms with Crippen LogP contribution in [0, 0.1) is 5.92 Å². The van der Waals surface area contributed by atoms with Crippen molar-refractivity contribution in [2.75, 3.05) is 0 Å². The molecule has 0 amide bonds. The van der Waals surface area contributed by atoms with Gasteiger partial charge < -0.3 is 10.1 Å². The molecular formula is C25H22N2O3S. The second kappa shape index (κ2) is 8.78. The van der Waals surface area contributed by atoms with Gasteiger partial charge in [0.2, 0.25) is 5.12 Å². The summed E-state index contributed by atoms with van der Waals surface area (Å²) in [4.78, 5) is 33.7. The summed E-state index contributed by atoms with van der Waals surface area (Å²) in [7, 11) is 0. The van der Waals surface area contributed by atoms with Crippen molar-refractivity contribution in [3.05, 3.63) is 102 Å². The second-order valence-electron chi connectivity index (χ2n) is 7.62. The number of thiol groups is 1. The number of carbonyl (C=O) groups excluding carboxylic acids is 1. The zero-order valence-corrected chi connectivity index (χ0v) is 17.6. The largest absolute Gasteiger partial charge is 0.481 e. The molecule has 1 heterocycles. The molecule has 0 radical (unpaired) electrons. The topological polar surface area (TPSA) is 83.0 Å². The van der Waals surface area contributed by atoms with E-state index in [1.165, 1.54) is 0 Å². The molecule has 5 nitrogen and oxygen atoms in total. The zero-order chi connectivity index (χ0) is 21.8. The van der Waals surface area contributed by atoms with E-state index in [1.807, 2.05) is 84.9 Å². The lowest BCUT2D eigenvalue weighted by Gasteiger charge is -2.34. The monoisotopic (exact) mass is 430 g/mol. The molecule has 1 aromatic heterocycles. The Morgan fingerprint density at radius 1 is 0.903 bits per heavy atom. The van der Waals surface area contributed by atoms with Crippen LogP contribution in [0.3, 0.4) is 0 Å². The number of nitrogens with zero attached hydrogens (tertiary/aromatic N) is 1. The molecule has 6 heteroatoms. The van der Waals surface area contributed by atoms with Crippen molar-refractivity contribution in [2.24, 2.45) is 5.92 Å². The van der Waals surface area contributed by atoms with Crippen LogP contribution in [0.2, 0.25) is 0 Å². The Hall–Kier alpha value is -3.38. The molecule has 2 atom stereocenters. The van der Waals surface area contributed by atoms with Crippen molar-refractivity contribution < 1.29 is 14.7 Å². The number of carboxylic acid groups (broad SMARTS) is 1. The highest BCUT2D eigenvalue weighted by molar-refractivity contribution is 7.96. The molecule has 3 aromatic carbocycles. The van der Waals surface area contributed by atoms with Gasteiger partial charge in [-0.2, -0.15) is 0 Å². The Labute approximate surface area is 185 Å². The van der Waals surface area contributed by atoms with Gasteiger partial charge in [0.15, 0.2) is 0 Å². The van der Waals surface area contributed by atoms with Crippen molar-refractivity contribution in [1.29, 1.82) is 0 Å². The molecule has 0 aliphatic heterocycles. The van der Waals surface area contributed by atoms with Crippen LogP contribution >= 0.6 is 12.6 Å². The third-order valence-corrected chi connectivity index (χ3v) is 6.09. The summed E-state index contributed by atoms with van der Waals surface area (Å²) in [5, 5.41) is 9.78. The maximum atomic E-state index is 13.2. The van der Waals surface area contributed by atoms with E-state index in [9.17, 15) is 14.7 Å². The van der Waals surface area contributed by atoms with Gasteiger partial charge in [-0.1, -0.05) is 72.8 Å². The lowest BCUT2D eigenvalue weighted by Crippen LogP contribution is -2.48. The Balaban J connectivity index is 1.92. The highest BCUT2D eigenvalue weighted by atomic mass is 32.1. The first-order chi connectivity index (χ1) is 15.0. The number of rotatable bonds is 8. The first kappa shape index (κ1) is 20.9. The average Bonchev–Trinajstić information content (AvgIpc) is 3.22. The van der Waals surface area contributed by atoms with Crippen LogP contribution in [0.25, 0.3) is 11.0 Å². The summed E-state index contributed by atoms with van der Waals surface area (Å²) in [6, 6.07) is 26.1. The normalized spacial score (nSPS) is 14.1. The summed E-state index contributed by atoms with van der Waals surface area (Å²) < 4.78 is 0. The van der Waals surface area contributed by atoms with Crippen molar-refractivity contribution in [2.45, 2.75) is 18.3 Å². The van der Waals surface area contributed by atoms with Crippen molar-refractivity contribution in [3.8, 4) is 0 Å². The number of nitrogens with one attached hydrogen (secondary N) is 1. The third-order valence-electron chi connectivity index (χ3n) is 5.69. The van der Waals surface area contributed by atoms with E-state index in [2.05, 4.69) is 22.6 Å². The SMILES string of the molecule is O=C(O)C(Cc1ccccc1)C(Cc1ccccc1)(C(=O)S)c1nc2ccccc2[nH]1. The molecule has 0 aliphatic rings. The maximum absolute atomic E-state index is 13.2. The Bertz CT molecular complexity index is 1170. The van der Waals surface area contributed by atoms with Gasteiger partial charge in [-0.3, -0.25) is 9.59 Å². The van der Waals surface area contributed by atoms with Gasteiger partial charge >= 0.3 is 5.97 Å². The van der Waals surface area contributed by atoms with E-state index >= 15 is 0 Å². The van der Waals surface area contributed by atoms with Crippen LogP contribution in [-0.2, 0) is 27.8 Å². The van der Waals surface area contributed by atoms with Gasteiger partial charge in [0, 0.05) is 0 Å². The highest BCUT2D eigenvalue weighted by Gasteiger charge is 2.51. The lowest BCUT2D eigenvalue weighted by molar-refractivity contribution is -0.147. The van der Waals surface area contributed by atoms with Gasteiger partial charge in [0.05, 0.1) is 17.0 Å². The fourth-order valence-electron chi connectivity index (χ4n) is 4.10. The van der Waals surface area contributed by atoms with Crippen LogP contribution < -0.4 is 0 Å². The molecule has 0 aliphatic carbocycles. The van der Waals surface area contributed by atoms with Crippen LogP contribution in [0.4, 0.5) is 0 Å². The first-order valence-corrected chi connectivity index (χ1v) is 10.4. The number of aromatic nitrogens is 2. The molecule has 4 rings (SSSR count). The summed E-state index contributed by atoms with van der Waals surface area (Å²) in [6.45, 7) is 0. The van der Waals surface area contributed by atoms with Crippen molar-refractivity contribution in [3.63, 3.8) is 0 Å². The average molecular weight is 431 g/mol. The van der Waals surface area contributed by atoms with E-state index in [0.717, 1.165) is 16.6 Å². The van der Waals surface area contributed by atoms with Crippen LogP contribution in [0.15, 0.2) is 84.9 Å². The molecule has 2 N–H and O–H groups in total. The molecule has 0 saturated carbocycles. The number of carbonyl (C=O) groups is 2. The number of carboxylic acids is 1. The van der Waals surface area contributed by atoms with Crippen molar-refractivity contribution >= 4 is 34.7 Å². The zero-order valence-electron chi connectivity index (χ0n) is 16.7. The Kier molecular flexibility index (Phi) is 5.91. The van der Waals surface area contributed by atoms with Gasteiger partial charge in [-0.25, -0.2) is 4.98 Å². The fourth-order valence-corrected chi connectivity index (χ4v) is 4.44. The molecule has 156 valence electrons. The highest BCUT2D eigenvalue weighted by Crippen LogP contribution is 2.40. The van der Waals surface area contributed by atoms with Crippen molar-refractivity contribution in [1.82, 2.24) is 9.97 Å². The lowest BCUT2D eigenvalue weighted by atomic mass is 9.69. The van der Waals surface area contributed by atoms with E-state index in [0.29, 0.717) is 11.3 Å². The number of aliphatic carboxylic acids is 1. The molecule has 0 spiro atoms. The summed E-state index contributed by atoms with van der Waals surface area (Å²) in [5.74, 6) is -1.82. The summed E-state index contributed by atoms with van der Waals surface area (Å²) in [6.07, 6.45) is 0.339. The van der Waals surface area contributed by atoms with Crippen LogP contribution in [0.5, 0.6) is 0 Å². The first-order valence-electron chi connectivity index (χ1n) is 10.00. The number of H-pyrrole nitrogens is 1. The summed E-state index contributed by atoms with van der Waals surface area (Å²) in [5.41, 5.74) is 1.61. The number of hydrogen-bond donors (Lipinski definition) is 3. The van der Waals surface area contributed by atoms with Gasteiger partial charge in [-0.15, -0.1) is 12.6 Å². The van der Waals surface area contributed by atoms with Gasteiger partial charge in [0.1, 0.15) is 11.2 Å². The summed E-state index contributed by atoms with van der Waals surface area (Å²) >= 11 is 4.24. The molecule has 0 saturated heterocycles. The number of imidazole rings is 1. The number of benzene rings is 3. The molecule has 2 unspecified atom stereocenters. The minimum atomic E-state index is -1.48. The molecule has 4 aromatic rings. The predicted octanol–water partition coefficient (Wildman–Crippen LogP) is 4.44. The van der Waals surface area contributed by atoms with Gasteiger partial charge in [-0.05, 0) is 36.1 Å². The Morgan fingerprint density at radius 3 is 2.06 bits per heavy atom. The third kappa shape index (κ3) is 4.11. The van der Waals surface area contributed by atoms with E-state index in [1.54, 1.807) is 0 Å². The fraction of sp³-hybridized carbons (Fsp3) is 0.160. The Morgan fingerprint density at radius 2 is 1.48 bits per heavy atom. The quantitative estimate of drug-likeness (QED) is 0.361. The molecule has 31 heavy (non-hydrogen) atoms. The van der Waals surface area contributed by atoms with Crippen LogP contribution in [-0.4, -0.2) is 26.2 Å². The van der Waals surface area contributed by atoms with Gasteiger partial charge in [0.25, 0.3) is 0 Å². The van der Waals surface area contributed by atoms with E-state index in [-0.39, 0.29) is 12.8 Å². The van der Waals surface area contributed by atoms with E-state index < -0.39 is 22.4 Å². The maximum Gasteiger partial charge on any atom is 0.308 e. The number of fused-ring (bicyclic) bond motifs is 1. The van der Waals surface area contributed by atoms with Crippen LogP contribution in [0.1, 0.15) is 17.0 Å². The molecular weight excluding hydrogens is 408 g/mol. The molecule has 0 bridgehead atoms. The minimum absolute atomic E-state index is 0.166.